The number of rotatable bonds is 5. The Morgan fingerprint density at radius 1 is 1.26 bits per heavy atom. The molecule has 0 unspecified atom stereocenters. The maximum absolute atomic E-state index is 11.9. The van der Waals surface area contributed by atoms with Crippen LogP contribution in [0.1, 0.15) is 32.3 Å². The summed E-state index contributed by atoms with van der Waals surface area (Å²) in [4.78, 5) is 13.6. The molecule has 1 aromatic rings. The molecule has 1 aliphatic rings. The van der Waals surface area contributed by atoms with Crippen molar-refractivity contribution in [2.24, 2.45) is 5.92 Å². The van der Waals surface area contributed by atoms with Gasteiger partial charge in [0, 0.05) is 12.7 Å². The molecule has 1 aromatic carbocycles. The van der Waals surface area contributed by atoms with Gasteiger partial charge in [-0.3, -0.25) is 4.79 Å². The van der Waals surface area contributed by atoms with Gasteiger partial charge in [-0.25, -0.2) is 0 Å². The highest BCUT2D eigenvalue weighted by atomic mass is 16.2. The van der Waals surface area contributed by atoms with E-state index in [4.69, 9.17) is 0 Å². The zero-order valence-electron chi connectivity index (χ0n) is 12.6. The summed E-state index contributed by atoms with van der Waals surface area (Å²) >= 11 is 0. The van der Waals surface area contributed by atoms with Gasteiger partial charge in [-0.05, 0) is 44.4 Å². The molecule has 3 heteroatoms. The fourth-order valence-corrected chi connectivity index (χ4v) is 1.74. The average Bonchev–Trinajstić information content (AvgIpc) is 3.25. The zero-order chi connectivity index (χ0) is 14.3. The topological polar surface area (TPSA) is 32.3 Å². The molecule has 1 N–H and O–H groups in total. The standard InChI is InChI=1S/C14H20N2O.C2H6/c1-11-3-7-13(8-4-11)16(2)14(17)10-15-9-12-5-6-12;1-2/h3-4,7-8,12,15H,5-6,9-10H2,1-2H3;1-2H3. The van der Waals surface area contributed by atoms with Gasteiger partial charge >= 0.3 is 0 Å². The van der Waals surface area contributed by atoms with Crippen molar-refractivity contribution in [2.75, 3.05) is 25.0 Å². The lowest BCUT2D eigenvalue weighted by molar-refractivity contribution is -0.117. The summed E-state index contributed by atoms with van der Waals surface area (Å²) in [5.41, 5.74) is 2.16. The van der Waals surface area contributed by atoms with Crippen LogP contribution in [0.2, 0.25) is 0 Å². The highest BCUT2D eigenvalue weighted by Gasteiger charge is 2.21. The minimum atomic E-state index is 0.120. The normalized spacial score (nSPS) is 13.5. The number of nitrogens with zero attached hydrogens (tertiary/aromatic N) is 1. The molecule has 0 saturated heterocycles. The Hall–Kier alpha value is -1.35. The smallest absolute Gasteiger partial charge is 0.240 e. The van der Waals surface area contributed by atoms with Gasteiger partial charge in [0.05, 0.1) is 6.54 Å². The van der Waals surface area contributed by atoms with Gasteiger partial charge in [0.1, 0.15) is 0 Å². The number of carbonyl (C=O) groups excluding carboxylic acids is 1. The molecule has 0 bridgehead atoms. The molecule has 2 rings (SSSR count). The van der Waals surface area contributed by atoms with E-state index in [0.29, 0.717) is 6.54 Å². The van der Waals surface area contributed by atoms with E-state index in [1.165, 1.54) is 18.4 Å². The molecule has 0 spiro atoms. The van der Waals surface area contributed by atoms with Crippen LogP contribution in [0.15, 0.2) is 24.3 Å². The van der Waals surface area contributed by atoms with Crippen LogP contribution in [0, 0.1) is 12.8 Å². The third kappa shape index (κ3) is 5.43. The maximum Gasteiger partial charge on any atom is 0.240 e. The molecule has 3 nitrogen and oxygen atoms in total. The van der Waals surface area contributed by atoms with Crippen LogP contribution in [-0.2, 0) is 4.79 Å². The van der Waals surface area contributed by atoms with Gasteiger partial charge in [0.2, 0.25) is 5.91 Å². The Labute approximate surface area is 117 Å². The van der Waals surface area contributed by atoms with Crippen molar-refractivity contribution in [3.8, 4) is 0 Å². The quantitative estimate of drug-likeness (QED) is 0.884. The second-order valence-corrected chi connectivity index (χ2v) is 4.86. The van der Waals surface area contributed by atoms with E-state index < -0.39 is 0 Å². The van der Waals surface area contributed by atoms with Crippen LogP contribution in [0.5, 0.6) is 0 Å². The third-order valence-corrected chi connectivity index (χ3v) is 3.20. The summed E-state index contributed by atoms with van der Waals surface area (Å²) in [6.45, 7) is 7.46. The van der Waals surface area contributed by atoms with Crippen LogP contribution in [0.3, 0.4) is 0 Å². The van der Waals surface area contributed by atoms with E-state index in [1.54, 1.807) is 4.90 Å². The van der Waals surface area contributed by atoms with Gasteiger partial charge in [0.25, 0.3) is 0 Å². The molecular formula is C16H26N2O. The lowest BCUT2D eigenvalue weighted by Crippen LogP contribution is -2.36. The fourth-order valence-electron chi connectivity index (χ4n) is 1.74. The number of nitrogens with one attached hydrogen (secondary N) is 1. The second-order valence-electron chi connectivity index (χ2n) is 4.86. The van der Waals surface area contributed by atoms with Gasteiger partial charge in [-0.1, -0.05) is 31.5 Å². The van der Waals surface area contributed by atoms with Crippen molar-refractivity contribution in [1.29, 1.82) is 0 Å². The van der Waals surface area contributed by atoms with Crippen molar-refractivity contribution in [3.63, 3.8) is 0 Å². The molecule has 19 heavy (non-hydrogen) atoms. The van der Waals surface area contributed by atoms with Crippen LogP contribution < -0.4 is 10.2 Å². The molecular weight excluding hydrogens is 236 g/mol. The summed E-state index contributed by atoms with van der Waals surface area (Å²) in [6, 6.07) is 8.01. The Bertz CT molecular complexity index is 382. The van der Waals surface area contributed by atoms with Crippen LogP contribution in [0.4, 0.5) is 5.69 Å². The molecule has 1 saturated carbocycles. The van der Waals surface area contributed by atoms with Gasteiger partial charge in [-0.2, -0.15) is 0 Å². The molecule has 106 valence electrons. The van der Waals surface area contributed by atoms with Crippen molar-refractivity contribution in [2.45, 2.75) is 33.6 Å². The number of likely N-dealkylation sites (N-methyl/N-ethyl adjacent to an activating group) is 1. The second kappa shape index (κ2) is 7.95. The minimum Gasteiger partial charge on any atom is -0.314 e. The lowest BCUT2D eigenvalue weighted by atomic mass is 10.2. The van der Waals surface area contributed by atoms with E-state index in [2.05, 4.69) is 5.32 Å². The van der Waals surface area contributed by atoms with Crippen molar-refractivity contribution >= 4 is 11.6 Å². The van der Waals surface area contributed by atoms with Crippen LogP contribution in [-0.4, -0.2) is 26.0 Å². The van der Waals surface area contributed by atoms with Crippen molar-refractivity contribution in [3.05, 3.63) is 29.8 Å². The van der Waals surface area contributed by atoms with Gasteiger partial charge < -0.3 is 10.2 Å². The molecule has 0 radical (unpaired) electrons. The van der Waals surface area contributed by atoms with Gasteiger partial charge in [0.15, 0.2) is 0 Å². The predicted molar refractivity (Wildman–Crippen MR) is 81.5 cm³/mol. The molecule has 0 aliphatic heterocycles. The summed E-state index contributed by atoms with van der Waals surface area (Å²) in [5.74, 6) is 0.932. The predicted octanol–water partition coefficient (Wildman–Crippen LogP) is 2.98. The highest BCUT2D eigenvalue weighted by molar-refractivity contribution is 5.94. The summed E-state index contributed by atoms with van der Waals surface area (Å²) in [7, 11) is 1.83. The molecule has 0 heterocycles. The first-order valence-corrected chi connectivity index (χ1v) is 7.21. The first kappa shape index (κ1) is 15.7. The largest absolute Gasteiger partial charge is 0.314 e. The van der Waals surface area contributed by atoms with E-state index in [-0.39, 0.29) is 5.91 Å². The number of carbonyl (C=O) groups is 1. The van der Waals surface area contributed by atoms with E-state index in [1.807, 2.05) is 52.1 Å². The number of aryl methyl sites for hydroxylation is 1. The first-order valence-electron chi connectivity index (χ1n) is 7.21. The monoisotopic (exact) mass is 262 g/mol. The Balaban J connectivity index is 0.000000861. The van der Waals surface area contributed by atoms with E-state index in [0.717, 1.165) is 18.2 Å². The summed E-state index contributed by atoms with van der Waals surface area (Å²) in [5, 5.41) is 3.22. The fraction of sp³-hybridized carbons (Fsp3) is 0.562. The van der Waals surface area contributed by atoms with Crippen LogP contribution >= 0.6 is 0 Å². The van der Waals surface area contributed by atoms with E-state index in [9.17, 15) is 4.79 Å². The molecule has 0 aromatic heterocycles. The van der Waals surface area contributed by atoms with Crippen LogP contribution in [0.25, 0.3) is 0 Å². The first-order chi connectivity index (χ1) is 9.16. The summed E-state index contributed by atoms with van der Waals surface area (Å²) < 4.78 is 0. The van der Waals surface area contributed by atoms with Gasteiger partial charge in [-0.15, -0.1) is 0 Å². The maximum atomic E-state index is 11.9. The van der Waals surface area contributed by atoms with Crippen molar-refractivity contribution < 1.29 is 4.79 Å². The minimum absolute atomic E-state index is 0.120. The molecule has 1 amide bonds. The zero-order valence-corrected chi connectivity index (χ0v) is 12.6. The summed E-state index contributed by atoms with van der Waals surface area (Å²) in [6.07, 6.45) is 2.63. The Morgan fingerprint density at radius 2 is 1.84 bits per heavy atom. The lowest BCUT2D eigenvalue weighted by Gasteiger charge is -2.17. The third-order valence-electron chi connectivity index (χ3n) is 3.20. The van der Waals surface area contributed by atoms with Crippen molar-refractivity contribution in [1.82, 2.24) is 5.32 Å². The average molecular weight is 262 g/mol. The number of hydrogen-bond acceptors (Lipinski definition) is 2. The molecule has 1 aliphatic carbocycles. The SMILES string of the molecule is CC.Cc1ccc(N(C)C(=O)CNCC2CC2)cc1. The molecule has 0 atom stereocenters. The number of anilines is 1. The van der Waals surface area contributed by atoms with E-state index >= 15 is 0 Å². The Kier molecular flexibility index (Phi) is 6.57. The Morgan fingerprint density at radius 3 is 2.37 bits per heavy atom. The highest BCUT2D eigenvalue weighted by Crippen LogP contribution is 2.27. The number of benzene rings is 1. The number of hydrogen-bond donors (Lipinski definition) is 1. The number of amides is 1. The molecule has 1 fully saturated rings.